The average molecular weight is 501 g/mol. The van der Waals surface area contributed by atoms with Crippen LogP contribution in [-0.2, 0) is 31.9 Å². The van der Waals surface area contributed by atoms with Crippen LogP contribution in [0.25, 0.3) is 10.8 Å². The van der Waals surface area contributed by atoms with Crippen molar-refractivity contribution in [3.8, 4) is 5.75 Å². The summed E-state index contributed by atoms with van der Waals surface area (Å²) in [6, 6.07) is 8.46. The van der Waals surface area contributed by atoms with Gasteiger partial charge in [-0.25, -0.2) is 9.59 Å². The van der Waals surface area contributed by atoms with Crippen LogP contribution in [-0.4, -0.2) is 24.3 Å². The van der Waals surface area contributed by atoms with Crippen LogP contribution in [0.1, 0.15) is 57.6 Å². The first-order chi connectivity index (χ1) is 15.4. The van der Waals surface area contributed by atoms with Crippen molar-refractivity contribution in [2.75, 3.05) is 6.61 Å². The first-order valence-corrected chi connectivity index (χ1v) is 12.2. The highest BCUT2D eigenvalue weighted by molar-refractivity contribution is 9.10. The van der Waals surface area contributed by atoms with Gasteiger partial charge in [0.25, 0.3) is 5.79 Å². The summed E-state index contributed by atoms with van der Waals surface area (Å²) in [5, 5.41) is 2.36. The molecule has 32 heavy (non-hydrogen) atoms. The van der Waals surface area contributed by atoms with Gasteiger partial charge in [0.15, 0.2) is 0 Å². The van der Waals surface area contributed by atoms with Crippen molar-refractivity contribution in [1.82, 2.24) is 0 Å². The summed E-state index contributed by atoms with van der Waals surface area (Å²) in [7, 11) is 0. The standard InChI is InChI=1S/C26H29BrO5/c1-4-26(5-2)31-24(28)19(25(29)32-26)12-11-16(3)14-21-18-9-6-10-22(27)20(18)15-17-8-7-13-30-23(17)21/h6,9-10,12,15-16H,4-5,7-8,11,13-14H2,1-3H3. The van der Waals surface area contributed by atoms with Crippen molar-refractivity contribution in [2.24, 2.45) is 5.92 Å². The van der Waals surface area contributed by atoms with Gasteiger partial charge in [-0.3, -0.25) is 0 Å². The van der Waals surface area contributed by atoms with Gasteiger partial charge in [-0.15, -0.1) is 0 Å². The van der Waals surface area contributed by atoms with Gasteiger partial charge >= 0.3 is 11.9 Å². The highest BCUT2D eigenvalue weighted by Gasteiger charge is 2.43. The number of aryl methyl sites for hydroxylation is 1. The number of ether oxygens (including phenoxy) is 3. The summed E-state index contributed by atoms with van der Waals surface area (Å²) in [5.74, 6) is -1.14. The summed E-state index contributed by atoms with van der Waals surface area (Å²) in [4.78, 5) is 25.0. The van der Waals surface area contributed by atoms with E-state index in [0.29, 0.717) is 19.3 Å². The van der Waals surface area contributed by atoms with Crippen molar-refractivity contribution in [3.05, 3.63) is 51.5 Å². The van der Waals surface area contributed by atoms with E-state index >= 15 is 0 Å². The molecule has 2 heterocycles. The van der Waals surface area contributed by atoms with E-state index in [1.807, 2.05) is 19.9 Å². The monoisotopic (exact) mass is 500 g/mol. The molecule has 0 saturated carbocycles. The number of carbonyl (C=O) groups is 2. The Balaban J connectivity index is 1.58. The van der Waals surface area contributed by atoms with Crippen molar-refractivity contribution in [2.45, 2.75) is 65.1 Å². The molecule has 1 fully saturated rings. The zero-order valence-electron chi connectivity index (χ0n) is 18.8. The predicted octanol–water partition coefficient (Wildman–Crippen LogP) is 6.04. The van der Waals surface area contributed by atoms with Crippen molar-refractivity contribution in [1.29, 1.82) is 0 Å². The molecule has 0 bridgehead atoms. The van der Waals surface area contributed by atoms with Crippen LogP contribution in [0.3, 0.4) is 0 Å². The second-order valence-corrected chi connectivity index (χ2v) is 9.54. The first-order valence-electron chi connectivity index (χ1n) is 11.4. The summed E-state index contributed by atoms with van der Waals surface area (Å²) in [6.45, 7) is 6.52. The molecule has 0 radical (unpaired) electrons. The molecule has 2 aliphatic heterocycles. The highest BCUT2D eigenvalue weighted by Crippen LogP contribution is 2.39. The van der Waals surface area contributed by atoms with E-state index in [1.54, 1.807) is 6.08 Å². The number of hydrogen-bond donors (Lipinski definition) is 0. The van der Waals surface area contributed by atoms with Crippen molar-refractivity contribution >= 4 is 38.6 Å². The van der Waals surface area contributed by atoms with Crippen LogP contribution in [0.2, 0.25) is 0 Å². The second-order valence-electron chi connectivity index (χ2n) is 8.69. The van der Waals surface area contributed by atoms with E-state index < -0.39 is 17.7 Å². The van der Waals surface area contributed by atoms with Gasteiger partial charge in [-0.05, 0) is 60.1 Å². The molecule has 6 heteroatoms. The largest absolute Gasteiger partial charge is 0.493 e. The molecule has 2 aromatic rings. The van der Waals surface area contributed by atoms with E-state index in [0.717, 1.165) is 36.1 Å². The van der Waals surface area contributed by atoms with Gasteiger partial charge in [0, 0.05) is 22.9 Å². The fraction of sp³-hybridized carbons (Fsp3) is 0.462. The van der Waals surface area contributed by atoms with Gasteiger partial charge in [0.2, 0.25) is 0 Å². The van der Waals surface area contributed by atoms with Gasteiger partial charge in [-0.1, -0.05) is 54.9 Å². The van der Waals surface area contributed by atoms with Crippen LogP contribution in [0.4, 0.5) is 0 Å². The van der Waals surface area contributed by atoms with Gasteiger partial charge in [0.05, 0.1) is 6.61 Å². The molecule has 2 aliphatic rings. The summed E-state index contributed by atoms with van der Waals surface area (Å²) >= 11 is 3.69. The number of allylic oxidation sites excluding steroid dienone is 1. The molecule has 1 atom stereocenters. The first kappa shape index (κ1) is 22.8. The Morgan fingerprint density at radius 2 is 1.84 bits per heavy atom. The predicted molar refractivity (Wildman–Crippen MR) is 127 cm³/mol. The van der Waals surface area contributed by atoms with Crippen molar-refractivity contribution < 1.29 is 23.8 Å². The number of benzene rings is 2. The molecular formula is C26H29BrO5. The molecule has 0 amide bonds. The SMILES string of the molecule is CCC1(CC)OC(=O)C(=CCC(C)Cc2c3c(cc4c(Br)cccc24)CCCO3)C(=O)O1. The lowest BCUT2D eigenvalue weighted by Crippen LogP contribution is -2.45. The zero-order chi connectivity index (χ0) is 22.9. The lowest BCUT2D eigenvalue weighted by atomic mass is 9.89. The number of cyclic esters (lactones) is 2. The molecule has 5 nitrogen and oxygen atoms in total. The minimum Gasteiger partial charge on any atom is -0.493 e. The smallest absolute Gasteiger partial charge is 0.348 e. The third kappa shape index (κ3) is 4.29. The maximum atomic E-state index is 12.5. The fourth-order valence-corrected chi connectivity index (χ4v) is 5.00. The van der Waals surface area contributed by atoms with Crippen molar-refractivity contribution in [3.63, 3.8) is 0 Å². The number of carbonyl (C=O) groups excluding carboxylic acids is 2. The molecule has 2 aromatic carbocycles. The minimum absolute atomic E-state index is 0.00619. The molecule has 0 spiro atoms. The molecule has 1 saturated heterocycles. The van der Waals surface area contributed by atoms with E-state index in [2.05, 4.69) is 41.1 Å². The van der Waals surface area contributed by atoms with Crippen LogP contribution in [0.15, 0.2) is 40.4 Å². The Hall–Kier alpha value is -2.34. The van der Waals surface area contributed by atoms with Crippen LogP contribution < -0.4 is 4.74 Å². The van der Waals surface area contributed by atoms with Crippen LogP contribution in [0, 0.1) is 5.92 Å². The Labute approximate surface area is 197 Å². The topological polar surface area (TPSA) is 61.8 Å². The molecule has 0 aromatic heterocycles. The Bertz CT molecular complexity index is 1060. The summed E-state index contributed by atoms with van der Waals surface area (Å²) in [5.41, 5.74) is 2.42. The second kappa shape index (κ2) is 9.26. The maximum absolute atomic E-state index is 12.5. The lowest BCUT2D eigenvalue weighted by molar-refractivity contribution is -0.237. The Morgan fingerprint density at radius 1 is 1.12 bits per heavy atom. The molecule has 4 rings (SSSR count). The summed E-state index contributed by atoms with van der Waals surface area (Å²) in [6.07, 6.45) is 5.90. The third-order valence-electron chi connectivity index (χ3n) is 6.45. The van der Waals surface area contributed by atoms with Gasteiger partial charge in [0.1, 0.15) is 11.3 Å². The minimum atomic E-state index is -1.14. The van der Waals surface area contributed by atoms with E-state index in [-0.39, 0.29) is 11.5 Å². The number of fused-ring (bicyclic) bond motifs is 2. The number of hydrogen-bond acceptors (Lipinski definition) is 5. The molecule has 170 valence electrons. The Morgan fingerprint density at radius 3 is 2.53 bits per heavy atom. The van der Waals surface area contributed by atoms with Gasteiger partial charge in [-0.2, -0.15) is 0 Å². The Kier molecular flexibility index (Phi) is 6.61. The molecule has 0 N–H and O–H groups in total. The number of halogens is 1. The fourth-order valence-electron chi connectivity index (χ4n) is 4.52. The zero-order valence-corrected chi connectivity index (χ0v) is 20.4. The quantitative estimate of drug-likeness (QED) is 0.275. The van der Waals surface area contributed by atoms with Crippen LogP contribution >= 0.6 is 15.9 Å². The van der Waals surface area contributed by atoms with Crippen LogP contribution in [0.5, 0.6) is 5.75 Å². The van der Waals surface area contributed by atoms with E-state index in [4.69, 9.17) is 14.2 Å². The summed E-state index contributed by atoms with van der Waals surface area (Å²) < 4.78 is 18.1. The number of rotatable bonds is 6. The lowest BCUT2D eigenvalue weighted by Gasteiger charge is -2.34. The number of esters is 2. The molecule has 1 unspecified atom stereocenters. The molecule has 0 aliphatic carbocycles. The highest BCUT2D eigenvalue weighted by atomic mass is 79.9. The van der Waals surface area contributed by atoms with E-state index in [1.165, 1.54) is 21.9 Å². The maximum Gasteiger partial charge on any atom is 0.348 e. The van der Waals surface area contributed by atoms with Gasteiger partial charge < -0.3 is 14.2 Å². The third-order valence-corrected chi connectivity index (χ3v) is 7.14. The van der Waals surface area contributed by atoms with E-state index in [9.17, 15) is 9.59 Å². The molecular weight excluding hydrogens is 472 g/mol. The normalized spacial score (nSPS) is 18.4. The average Bonchev–Trinajstić information content (AvgIpc) is 2.79.